The number of ketones is 1. The van der Waals surface area contributed by atoms with Crippen LogP contribution in [0.4, 0.5) is 0 Å². The van der Waals surface area contributed by atoms with E-state index in [1.165, 1.54) is 26.2 Å². The van der Waals surface area contributed by atoms with Crippen LogP contribution in [0.1, 0.15) is 17.3 Å². The van der Waals surface area contributed by atoms with Gasteiger partial charge in [-0.1, -0.05) is 0 Å². The molecule has 0 unspecified atom stereocenters. The zero-order chi connectivity index (χ0) is 26.0. The maximum atomic E-state index is 12.0. The Morgan fingerprint density at radius 3 is 2.03 bits per heavy atom. The van der Waals surface area contributed by atoms with Gasteiger partial charge in [0.05, 0.1) is 20.3 Å². The number of phenolic OH excluding ortho intramolecular Hbond substituents is 1. The average molecular weight is 506 g/mol. The van der Waals surface area contributed by atoms with Gasteiger partial charge in [0.25, 0.3) is 0 Å². The number of Topliss-reactive ketones (excluding diaryl/α,β-unsaturated/α-hetero) is 1. The molecule has 0 aromatic heterocycles. The average Bonchev–Trinajstić information content (AvgIpc) is 2.82. The van der Waals surface area contributed by atoms with Gasteiger partial charge in [-0.2, -0.15) is 0 Å². The highest BCUT2D eigenvalue weighted by molar-refractivity contribution is 5.99. The number of carbonyl (C=O) groups excluding carboxylic acids is 1. The molecule has 1 aromatic rings. The van der Waals surface area contributed by atoms with Crippen LogP contribution in [0.3, 0.4) is 0 Å². The molecule has 35 heavy (non-hydrogen) atoms. The summed E-state index contributed by atoms with van der Waals surface area (Å²) in [6.45, 7) is -0.0707. The topological polar surface area (TPSA) is 225 Å². The second-order valence-corrected chi connectivity index (χ2v) is 8.24. The first-order valence-corrected chi connectivity index (χ1v) is 10.7. The molecule has 3 rings (SSSR count). The molecule has 2 aliphatic rings. The fourth-order valence-electron chi connectivity index (χ4n) is 3.81. The van der Waals surface area contributed by atoms with E-state index in [4.69, 9.17) is 23.7 Å². The number of carbonyl (C=O) groups is 1. The summed E-state index contributed by atoms with van der Waals surface area (Å²) in [6, 6.07) is 2.43. The first-order chi connectivity index (χ1) is 16.5. The van der Waals surface area contributed by atoms with E-state index in [1.54, 1.807) is 0 Å². The zero-order valence-corrected chi connectivity index (χ0v) is 18.9. The predicted octanol–water partition coefficient (Wildman–Crippen LogP) is -3.39. The molecule has 2 heterocycles. The SMILES string of the molecule is COc1cc(O)c(C(C)=O)c(O[C@H]2O[C@@H](CO[C@@H]3O[C@H](CO)[C@H](O)[C@@H](O)[C@@H]3O)[C@H](O)[C@@H](O)[C@@H]2O)c1. The molecule has 0 bridgehead atoms. The number of rotatable bonds is 8. The number of ether oxygens (including phenoxy) is 5. The van der Waals surface area contributed by atoms with E-state index in [0.717, 1.165) is 0 Å². The lowest BCUT2D eigenvalue weighted by atomic mass is 9.98. The summed E-state index contributed by atoms with van der Waals surface area (Å²) in [7, 11) is 1.31. The maximum absolute atomic E-state index is 12.0. The van der Waals surface area contributed by atoms with Crippen molar-refractivity contribution in [2.45, 2.75) is 68.3 Å². The van der Waals surface area contributed by atoms with Gasteiger partial charge < -0.3 is 64.5 Å². The molecular formula is C21H30O14. The molecule has 14 nitrogen and oxygen atoms in total. The molecule has 2 saturated heterocycles. The first-order valence-electron chi connectivity index (χ1n) is 10.7. The van der Waals surface area contributed by atoms with Crippen LogP contribution in [0.15, 0.2) is 12.1 Å². The summed E-state index contributed by atoms with van der Waals surface area (Å²) in [6.07, 6.45) is -16.1. The molecule has 0 spiro atoms. The van der Waals surface area contributed by atoms with Crippen LogP contribution in [0.2, 0.25) is 0 Å². The molecule has 0 saturated carbocycles. The van der Waals surface area contributed by atoms with Crippen molar-refractivity contribution in [3.63, 3.8) is 0 Å². The second kappa shape index (κ2) is 11.3. The standard InChI is InChI=1S/C21H30O14/c1-7(23)13-9(24)3-8(31-2)4-10(13)33-21-19(30)17(28)15(26)12(35-21)6-32-20-18(29)16(27)14(25)11(5-22)34-20/h3-4,11-12,14-22,24-30H,5-6H2,1-2H3/t11-,12+,14+,15+,16-,17-,18+,19+,20-,21+/m1/s1. The maximum Gasteiger partial charge on any atom is 0.229 e. The summed E-state index contributed by atoms with van der Waals surface area (Å²) in [5.41, 5.74) is -0.240. The Morgan fingerprint density at radius 1 is 0.886 bits per heavy atom. The van der Waals surface area contributed by atoms with E-state index in [1.807, 2.05) is 0 Å². The van der Waals surface area contributed by atoms with E-state index in [9.17, 15) is 45.6 Å². The molecule has 8 N–H and O–H groups in total. The van der Waals surface area contributed by atoms with E-state index >= 15 is 0 Å². The number of aliphatic hydroxyl groups is 7. The van der Waals surface area contributed by atoms with Crippen LogP contribution in [-0.2, 0) is 14.2 Å². The quantitative estimate of drug-likeness (QED) is 0.161. The Labute approximate surface area is 199 Å². The van der Waals surface area contributed by atoms with Crippen molar-refractivity contribution in [2.75, 3.05) is 20.3 Å². The Hall–Kier alpha value is -2.11. The van der Waals surface area contributed by atoms with Crippen molar-refractivity contribution >= 4 is 5.78 Å². The van der Waals surface area contributed by atoms with E-state index in [2.05, 4.69) is 0 Å². The van der Waals surface area contributed by atoms with E-state index < -0.39 is 86.2 Å². The van der Waals surface area contributed by atoms with Crippen molar-refractivity contribution in [3.8, 4) is 17.2 Å². The number of benzene rings is 1. The third-order valence-electron chi connectivity index (χ3n) is 5.83. The van der Waals surface area contributed by atoms with Crippen molar-refractivity contribution in [3.05, 3.63) is 17.7 Å². The van der Waals surface area contributed by atoms with Crippen LogP contribution < -0.4 is 9.47 Å². The molecule has 10 atom stereocenters. The van der Waals surface area contributed by atoms with Crippen molar-refractivity contribution < 1.29 is 69.3 Å². The molecule has 1 aromatic carbocycles. The van der Waals surface area contributed by atoms with Crippen LogP contribution in [0.5, 0.6) is 17.2 Å². The highest BCUT2D eigenvalue weighted by Crippen LogP contribution is 2.36. The first kappa shape index (κ1) is 27.5. The normalized spacial score (nSPS) is 37.6. The van der Waals surface area contributed by atoms with Crippen LogP contribution in [0, 0.1) is 0 Å². The molecule has 0 radical (unpaired) electrons. The summed E-state index contributed by atoms with van der Waals surface area (Å²) >= 11 is 0. The number of hydrogen-bond acceptors (Lipinski definition) is 14. The van der Waals surface area contributed by atoms with Gasteiger partial charge in [-0.25, -0.2) is 0 Å². The highest BCUT2D eigenvalue weighted by Gasteiger charge is 2.48. The Balaban J connectivity index is 1.76. The predicted molar refractivity (Wildman–Crippen MR) is 112 cm³/mol. The molecule has 2 fully saturated rings. The smallest absolute Gasteiger partial charge is 0.229 e. The fourth-order valence-corrected chi connectivity index (χ4v) is 3.81. The third kappa shape index (κ3) is 5.67. The number of phenols is 1. The van der Waals surface area contributed by atoms with E-state index in [-0.39, 0.29) is 17.1 Å². The minimum Gasteiger partial charge on any atom is -0.507 e. The number of aromatic hydroxyl groups is 1. The Morgan fingerprint density at radius 2 is 1.46 bits per heavy atom. The molecule has 0 amide bonds. The summed E-state index contributed by atoms with van der Waals surface area (Å²) < 4.78 is 26.7. The highest BCUT2D eigenvalue weighted by atomic mass is 16.7. The van der Waals surface area contributed by atoms with Gasteiger partial charge in [-0.3, -0.25) is 4.79 Å². The molecule has 14 heteroatoms. The molecule has 0 aliphatic carbocycles. The monoisotopic (exact) mass is 506 g/mol. The number of aliphatic hydroxyl groups excluding tert-OH is 7. The molecular weight excluding hydrogens is 476 g/mol. The molecule has 2 aliphatic heterocycles. The summed E-state index contributed by atoms with van der Waals surface area (Å²) in [5, 5.41) is 80.2. The van der Waals surface area contributed by atoms with Crippen LogP contribution in [0.25, 0.3) is 0 Å². The van der Waals surface area contributed by atoms with Crippen molar-refractivity contribution in [1.82, 2.24) is 0 Å². The summed E-state index contributed by atoms with van der Waals surface area (Å²) in [4.78, 5) is 12.0. The Kier molecular flexibility index (Phi) is 8.87. The number of hydrogen-bond donors (Lipinski definition) is 8. The van der Waals surface area contributed by atoms with Crippen LogP contribution >= 0.6 is 0 Å². The van der Waals surface area contributed by atoms with Gasteiger partial charge in [0.15, 0.2) is 12.1 Å². The lowest BCUT2D eigenvalue weighted by Crippen LogP contribution is -2.62. The van der Waals surface area contributed by atoms with E-state index in [0.29, 0.717) is 0 Å². The lowest BCUT2D eigenvalue weighted by molar-refractivity contribution is -0.323. The van der Waals surface area contributed by atoms with Gasteiger partial charge in [0, 0.05) is 12.1 Å². The fraction of sp³-hybridized carbons (Fsp3) is 0.667. The third-order valence-corrected chi connectivity index (χ3v) is 5.83. The molecule has 198 valence electrons. The second-order valence-electron chi connectivity index (χ2n) is 8.24. The largest absolute Gasteiger partial charge is 0.507 e. The zero-order valence-electron chi connectivity index (χ0n) is 18.9. The van der Waals surface area contributed by atoms with Crippen LogP contribution in [-0.4, -0.2) is 128 Å². The van der Waals surface area contributed by atoms with Gasteiger partial charge >= 0.3 is 0 Å². The van der Waals surface area contributed by atoms with Gasteiger partial charge in [0.2, 0.25) is 6.29 Å². The van der Waals surface area contributed by atoms with Gasteiger partial charge in [0.1, 0.15) is 71.6 Å². The van der Waals surface area contributed by atoms with Gasteiger partial charge in [-0.15, -0.1) is 0 Å². The van der Waals surface area contributed by atoms with Gasteiger partial charge in [-0.05, 0) is 6.92 Å². The van der Waals surface area contributed by atoms with Crippen molar-refractivity contribution in [2.24, 2.45) is 0 Å². The minimum absolute atomic E-state index is 0.121. The number of methoxy groups -OCH3 is 1. The Bertz CT molecular complexity index is 878. The lowest BCUT2D eigenvalue weighted by Gasteiger charge is -2.42. The minimum atomic E-state index is -1.79. The van der Waals surface area contributed by atoms with Crippen molar-refractivity contribution in [1.29, 1.82) is 0 Å². The summed E-state index contributed by atoms with van der Waals surface area (Å²) in [5.74, 6) is -1.14.